The summed E-state index contributed by atoms with van der Waals surface area (Å²) in [7, 11) is 0. The van der Waals surface area contributed by atoms with Crippen molar-refractivity contribution < 1.29 is 27.1 Å². The summed E-state index contributed by atoms with van der Waals surface area (Å²) < 4.78 is 61.0. The molecule has 0 saturated carbocycles. The lowest BCUT2D eigenvalue weighted by atomic mass is 10.2. The molecule has 33 heavy (non-hydrogen) atoms. The number of nitrogens with zero attached hydrogens (tertiary/aromatic N) is 3. The van der Waals surface area contributed by atoms with Crippen molar-refractivity contribution in [2.24, 2.45) is 5.92 Å². The highest BCUT2D eigenvalue weighted by Gasteiger charge is 2.22. The number of halogens is 4. The summed E-state index contributed by atoms with van der Waals surface area (Å²) in [4.78, 5) is 12.2. The molecule has 1 heterocycles. The van der Waals surface area contributed by atoms with E-state index >= 15 is 0 Å². The van der Waals surface area contributed by atoms with Crippen LogP contribution in [0.3, 0.4) is 0 Å². The zero-order valence-corrected chi connectivity index (χ0v) is 18.9. The SMILES string of the molecule is CC(C)Cn1c(SCC(=O)Nc2ccc(F)c(F)c2F)nnc1C(C)Oc1ccc(F)cc1. The first-order chi connectivity index (χ1) is 15.7. The Kier molecular flexibility index (Phi) is 7.96. The molecule has 0 radical (unpaired) electrons. The van der Waals surface area contributed by atoms with Gasteiger partial charge >= 0.3 is 0 Å². The van der Waals surface area contributed by atoms with Gasteiger partial charge < -0.3 is 14.6 Å². The van der Waals surface area contributed by atoms with Crippen molar-refractivity contribution in [3.8, 4) is 5.75 Å². The highest BCUT2D eigenvalue weighted by Crippen LogP contribution is 2.26. The Morgan fingerprint density at radius 1 is 1.03 bits per heavy atom. The first kappa shape index (κ1) is 24.6. The number of hydrogen-bond donors (Lipinski definition) is 1. The lowest BCUT2D eigenvalue weighted by molar-refractivity contribution is -0.113. The van der Waals surface area contributed by atoms with Crippen LogP contribution in [0.2, 0.25) is 0 Å². The van der Waals surface area contributed by atoms with Gasteiger partial charge in [-0.15, -0.1) is 10.2 Å². The van der Waals surface area contributed by atoms with Crippen LogP contribution >= 0.6 is 11.8 Å². The molecule has 1 atom stereocenters. The Labute approximate surface area is 192 Å². The Balaban J connectivity index is 1.71. The van der Waals surface area contributed by atoms with E-state index in [2.05, 4.69) is 15.5 Å². The van der Waals surface area contributed by atoms with Gasteiger partial charge in [-0.1, -0.05) is 25.6 Å². The minimum Gasteiger partial charge on any atom is -0.483 e. The highest BCUT2D eigenvalue weighted by molar-refractivity contribution is 7.99. The van der Waals surface area contributed by atoms with Gasteiger partial charge in [-0.05, 0) is 49.2 Å². The fourth-order valence-corrected chi connectivity index (χ4v) is 3.71. The van der Waals surface area contributed by atoms with Crippen LogP contribution in [0.15, 0.2) is 41.6 Å². The number of benzene rings is 2. The Bertz CT molecular complexity index is 1120. The summed E-state index contributed by atoms with van der Waals surface area (Å²) in [5, 5.41) is 11.0. The monoisotopic (exact) mass is 482 g/mol. The minimum atomic E-state index is -1.66. The topological polar surface area (TPSA) is 69.0 Å². The van der Waals surface area contributed by atoms with Gasteiger partial charge in [-0.2, -0.15) is 0 Å². The van der Waals surface area contributed by atoms with Gasteiger partial charge in [-0.3, -0.25) is 4.79 Å². The van der Waals surface area contributed by atoms with E-state index < -0.39 is 35.2 Å². The van der Waals surface area contributed by atoms with E-state index in [1.807, 2.05) is 18.4 Å². The molecule has 1 N–H and O–H groups in total. The second-order valence-corrected chi connectivity index (χ2v) is 8.56. The zero-order chi connectivity index (χ0) is 24.1. The molecule has 0 aliphatic carbocycles. The van der Waals surface area contributed by atoms with Crippen molar-refractivity contribution in [2.75, 3.05) is 11.1 Å². The van der Waals surface area contributed by atoms with E-state index in [4.69, 9.17) is 4.74 Å². The lowest BCUT2D eigenvalue weighted by Gasteiger charge is -2.17. The van der Waals surface area contributed by atoms with E-state index in [9.17, 15) is 22.4 Å². The number of carbonyl (C=O) groups excluding carboxylic acids is 1. The van der Waals surface area contributed by atoms with Crippen molar-refractivity contribution in [3.63, 3.8) is 0 Å². The third-order valence-electron chi connectivity index (χ3n) is 4.42. The quantitative estimate of drug-likeness (QED) is 0.253. The predicted molar refractivity (Wildman–Crippen MR) is 116 cm³/mol. The first-order valence-corrected chi connectivity index (χ1v) is 11.1. The van der Waals surface area contributed by atoms with E-state index in [1.54, 1.807) is 6.92 Å². The van der Waals surface area contributed by atoms with Crippen LogP contribution in [-0.2, 0) is 11.3 Å². The predicted octanol–water partition coefficient (Wildman–Crippen LogP) is 5.36. The van der Waals surface area contributed by atoms with Crippen LogP contribution in [-0.4, -0.2) is 26.4 Å². The van der Waals surface area contributed by atoms with Crippen LogP contribution in [0.4, 0.5) is 23.2 Å². The highest BCUT2D eigenvalue weighted by atomic mass is 32.2. The van der Waals surface area contributed by atoms with Crippen LogP contribution in [0, 0.1) is 29.2 Å². The lowest BCUT2D eigenvalue weighted by Crippen LogP contribution is -2.18. The van der Waals surface area contributed by atoms with Gasteiger partial charge in [0, 0.05) is 6.54 Å². The van der Waals surface area contributed by atoms with Crippen LogP contribution in [0.1, 0.15) is 32.7 Å². The van der Waals surface area contributed by atoms with Crippen LogP contribution < -0.4 is 10.1 Å². The summed E-state index contributed by atoms with van der Waals surface area (Å²) in [5.74, 6) is -4.43. The molecule has 3 rings (SSSR count). The van der Waals surface area contributed by atoms with Crippen molar-refractivity contribution >= 4 is 23.4 Å². The molecule has 6 nitrogen and oxygen atoms in total. The van der Waals surface area contributed by atoms with Gasteiger partial charge in [0.1, 0.15) is 11.6 Å². The molecule has 0 saturated heterocycles. The zero-order valence-electron chi connectivity index (χ0n) is 18.1. The van der Waals surface area contributed by atoms with Crippen molar-refractivity contribution in [1.29, 1.82) is 0 Å². The molecule has 0 spiro atoms. The standard InChI is InChI=1S/C22H22F4N4O2S/c1-12(2)10-30-21(13(3)32-15-6-4-14(23)5-7-15)28-29-22(30)33-11-18(31)27-17-9-8-16(24)19(25)20(17)26/h4-9,12-13H,10-11H2,1-3H3,(H,27,31). The van der Waals surface area contributed by atoms with Crippen molar-refractivity contribution in [1.82, 2.24) is 14.8 Å². The number of rotatable bonds is 9. The average Bonchev–Trinajstić information content (AvgIpc) is 3.16. The summed E-state index contributed by atoms with van der Waals surface area (Å²) >= 11 is 1.06. The molecule has 3 aromatic rings. The van der Waals surface area contributed by atoms with Crippen molar-refractivity contribution in [2.45, 2.75) is 38.6 Å². The molecule has 0 aliphatic heterocycles. The number of nitrogens with one attached hydrogen (secondary N) is 1. The van der Waals surface area contributed by atoms with Gasteiger partial charge in [0.15, 0.2) is 34.5 Å². The van der Waals surface area contributed by atoms with Crippen LogP contribution in [0.5, 0.6) is 5.75 Å². The molecule has 2 aromatic carbocycles. The van der Waals surface area contributed by atoms with Gasteiger partial charge in [0.25, 0.3) is 0 Å². The third kappa shape index (κ3) is 6.25. The normalized spacial score (nSPS) is 12.1. The molecule has 0 fully saturated rings. The number of thioether (sulfide) groups is 1. The van der Waals surface area contributed by atoms with E-state index in [1.165, 1.54) is 24.3 Å². The largest absolute Gasteiger partial charge is 0.483 e. The summed E-state index contributed by atoms with van der Waals surface area (Å²) in [6.07, 6.45) is -0.513. The fourth-order valence-electron chi connectivity index (χ4n) is 2.95. The average molecular weight is 483 g/mol. The minimum absolute atomic E-state index is 0.165. The number of ether oxygens (including phenoxy) is 1. The Morgan fingerprint density at radius 3 is 2.39 bits per heavy atom. The van der Waals surface area contributed by atoms with E-state index in [0.29, 0.717) is 23.3 Å². The molecule has 176 valence electrons. The number of carbonyl (C=O) groups is 1. The second kappa shape index (κ2) is 10.7. The maximum Gasteiger partial charge on any atom is 0.234 e. The number of anilines is 1. The summed E-state index contributed by atoms with van der Waals surface area (Å²) in [5.41, 5.74) is -0.454. The van der Waals surface area contributed by atoms with Crippen LogP contribution in [0.25, 0.3) is 0 Å². The smallest absolute Gasteiger partial charge is 0.234 e. The Hall–Kier alpha value is -3.08. The molecule has 1 aromatic heterocycles. The Morgan fingerprint density at radius 2 is 1.73 bits per heavy atom. The molecular weight excluding hydrogens is 460 g/mol. The number of aromatic nitrogens is 3. The van der Waals surface area contributed by atoms with E-state index in [-0.39, 0.29) is 17.5 Å². The number of hydrogen-bond acceptors (Lipinski definition) is 5. The van der Waals surface area contributed by atoms with Gasteiger partial charge in [0.2, 0.25) is 5.91 Å². The molecular formula is C22H22F4N4O2S. The van der Waals surface area contributed by atoms with Gasteiger partial charge in [-0.25, -0.2) is 17.6 Å². The first-order valence-electron chi connectivity index (χ1n) is 10.1. The molecule has 0 aliphatic rings. The summed E-state index contributed by atoms with van der Waals surface area (Å²) in [6, 6.07) is 7.27. The van der Waals surface area contributed by atoms with Crippen molar-refractivity contribution in [3.05, 3.63) is 65.5 Å². The molecule has 0 bridgehead atoms. The van der Waals surface area contributed by atoms with E-state index in [0.717, 1.165) is 23.9 Å². The molecule has 1 amide bonds. The maximum absolute atomic E-state index is 13.8. The molecule has 1 unspecified atom stereocenters. The molecule has 11 heteroatoms. The maximum atomic E-state index is 13.8. The third-order valence-corrected chi connectivity index (χ3v) is 5.39. The number of amides is 1. The van der Waals surface area contributed by atoms with Gasteiger partial charge in [0.05, 0.1) is 11.4 Å². The fraction of sp³-hybridized carbons (Fsp3) is 0.318. The summed E-state index contributed by atoms with van der Waals surface area (Å²) in [6.45, 7) is 6.32. The second-order valence-electron chi connectivity index (χ2n) is 7.62.